The van der Waals surface area contributed by atoms with Crippen molar-refractivity contribution in [2.45, 2.75) is 31.2 Å². The fourth-order valence-electron chi connectivity index (χ4n) is 2.74. The summed E-state index contributed by atoms with van der Waals surface area (Å²) in [5.74, 6) is -0.931. The van der Waals surface area contributed by atoms with E-state index in [2.05, 4.69) is 5.32 Å². The lowest BCUT2D eigenvalue weighted by Crippen LogP contribution is -2.61. The molecule has 3 rings (SSSR count). The maximum absolute atomic E-state index is 12.3. The molecule has 2 N–H and O–H groups in total. The van der Waals surface area contributed by atoms with Gasteiger partial charge in [0.15, 0.2) is 0 Å². The molecule has 1 aliphatic carbocycles. The molecule has 1 aliphatic heterocycles. The van der Waals surface area contributed by atoms with Gasteiger partial charge in [-0.3, -0.25) is 4.90 Å². The predicted octanol–water partition coefficient (Wildman–Crippen LogP) is 1.77. The van der Waals surface area contributed by atoms with Crippen molar-refractivity contribution in [2.75, 3.05) is 11.4 Å². The highest BCUT2D eigenvalue weighted by atomic mass is 16.4. The number of hydrogen-bond acceptors (Lipinski definition) is 2. The lowest BCUT2D eigenvalue weighted by atomic mass is 9.77. The number of fused-ring (bicyclic) bond motifs is 1. The summed E-state index contributed by atoms with van der Waals surface area (Å²) in [6.07, 6.45) is 2.71. The number of carbonyl (C=O) groups is 2. The average molecular weight is 260 g/mol. The van der Waals surface area contributed by atoms with Crippen LogP contribution < -0.4 is 10.2 Å². The molecular weight excluding hydrogens is 244 g/mol. The molecule has 2 aliphatic rings. The van der Waals surface area contributed by atoms with E-state index in [1.165, 1.54) is 0 Å². The summed E-state index contributed by atoms with van der Waals surface area (Å²) in [5.41, 5.74) is 0.977. The van der Waals surface area contributed by atoms with Crippen LogP contribution in [0.1, 0.15) is 24.8 Å². The normalized spacial score (nSPS) is 19.5. The molecule has 0 aromatic heterocycles. The molecule has 1 aromatic rings. The van der Waals surface area contributed by atoms with Crippen molar-refractivity contribution in [3.63, 3.8) is 0 Å². The molecule has 5 heteroatoms. The second-order valence-electron chi connectivity index (χ2n) is 5.20. The highest BCUT2D eigenvalue weighted by molar-refractivity contribution is 5.97. The first kappa shape index (κ1) is 12.0. The number of rotatable bonds is 2. The number of carboxylic acid groups (broad SMARTS) is 1. The second kappa shape index (κ2) is 4.26. The second-order valence-corrected chi connectivity index (χ2v) is 5.20. The van der Waals surface area contributed by atoms with Gasteiger partial charge in [-0.15, -0.1) is 0 Å². The van der Waals surface area contributed by atoms with Gasteiger partial charge in [-0.25, -0.2) is 9.59 Å². The van der Waals surface area contributed by atoms with Crippen molar-refractivity contribution in [3.05, 3.63) is 29.8 Å². The topological polar surface area (TPSA) is 69.6 Å². The monoisotopic (exact) mass is 260 g/mol. The van der Waals surface area contributed by atoms with Crippen molar-refractivity contribution >= 4 is 17.7 Å². The van der Waals surface area contributed by atoms with E-state index in [0.717, 1.165) is 24.1 Å². The fraction of sp³-hybridized carbons (Fsp3) is 0.429. The number of amides is 2. The molecule has 5 nitrogen and oxygen atoms in total. The third kappa shape index (κ3) is 1.85. The highest BCUT2D eigenvalue weighted by Gasteiger charge is 2.46. The Morgan fingerprint density at radius 2 is 2.00 bits per heavy atom. The largest absolute Gasteiger partial charge is 0.480 e. The molecule has 0 saturated heterocycles. The van der Waals surface area contributed by atoms with Crippen LogP contribution in [0.25, 0.3) is 0 Å². The summed E-state index contributed by atoms with van der Waals surface area (Å²) in [6, 6.07) is 7.44. The standard InChI is InChI=1S/C14H16N2O3/c17-12(18)14(7-3-8-14)15-13(19)16-9-6-10-4-1-2-5-11(10)16/h1-2,4-5H,3,6-9H2,(H,15,19)(H,17,18). The smallest absolute Gasteiger partial charge is 0.329 e. The van der Waals surface area contributed by atoms with Gasteiger partial charge < -0.3 is 10.4 Å². The molecule has 0 radical (unpaired) electrons. The highest BCUT2D eigenvalue weighted by Crippen LogP contribution is 2.33. The van der Waals surface area contributed by atoms with Crippen LogP contribution in [0.15, 0.2) is 24.3 Å². The average Bonchev–Trinajstić information content (AvgIpc) is 2.77. The molecule has 0 bridgehead atoms. The van der Waals surface area contributed by atoms with Crippen LogP contribution in [0.5, 0.6) is 0 Å². The Morgan fingerprint density at radius 3 is 2.63 bits per heavy atom. The van der Waals surface area contributed by atoms with E-state index in [1.54, 1.807) is 4.90 Å². The minimum absolute atomic E-state index is 0.299. The summed E-state index contributed by atoms with van der Waals surface area (Å²) in [4.78, 5) is 25.2. The van der Waals surface area contributed by atoms with Gasteiger partial charge in [0.05, 0.1) is 0 Å². The maximum Gasteiger partial charge on any atom is 0.329 e. The van der Waals surface area contributed by atoms with Crippen molar-refractivity contribution in [1.82, 2.24) is 5.32 Å². The minimum Gasteiger partial charge on any atom is -0.480 e. The lowest BCUT2D eigenvalue weighted by Gasteiger charge is -2.39. The molecule has 0 unspecified atom stereocenters. The van der Waals surface area contributed by atoms with Crippen LogP contribution in [0.3, 0.4) is 0 Å². The zero-order valence-corrected chi connectivity index (χ0v) is 10.6. The number of nitrogens with zero attached hydrogens (tertiary/aromatic N) is 1. The number of aliphatic carboxylic acids is 1. The Bertz CT molecular complexity index is 537. The van der Waals surface area contributed by atoms with E-state index in [-0.39, 0.29) is 6.03 Å². The number of anilines is 1. The predicted molar refractivity (Wildman–Crippen MR) is 70.2 cm³/mol. The number of carbonyl (C=O) groups excluding carboxylic acids is 1. The maximum atomic E-state index is 12.3. The number of para-hydroxylation sites is 1. The summed E-state index contributed by atoms with van der Waals surface area (Å²) in [6.45, 7) is 0.612. The van der Waals surface area contributed by atoms with E-state index in [1.807, 2.05) is 24.3 Å². The Hall–Kier alpha value is -2.04. The van der Waals surface area contributed by atoms with Gasteiger partial charge in [0, 0.05) is 12.2 Å². The van der Waals surface area contributed by atoms with E-state index >= 15 is 0 Å². The quantitative estimate of drug-likeness (QED) is 0.851. The minimum atomic E-state index is -1.05. The molecule has 0 spiro atoms. The SMILES string of the molecule is O=C(NC1(C(=O)O)CCC1)N1CCc2ccccc21. The lowest BCUT2D eigenvalue weighted by molar-refractivity contribution is -0.148. The number of nitrogens with one attached hydrogen (secondary N) is 1. The molecular formula is C14H16N2O3. The van der Waals surface area contributed by atoms with Gasteiger partial charge in [0.25, 0.3) is 0 Å². The van der Waals surface area contributed by atoms with Gasteiger partial charge in [-0.1, -0.05) is 18.2 Å². The van der Waals surface area contributed by atoms with E-state index in [0.29, 0.717) is 19.4 Å². The molecule has 1 saturated carbocycles. The van der Waals surface area contributed by atoms with Crippen molar-refractivity contribution in [1.29, 1.82) is 0 Å². The van der Waals surface area contributed by atoms with Gasteiger partial charge in [-0.05, 0) is 37.3 Å². The fourth-order valence-corrected chi connectivity index (χ4v) is 2.74. The van der Waals surface area contributed by atoms with Crippen LogP contribution in [-0.2, 0) is 11.2 Å². The molecule has 1 fully saturated rings. The molecule has 1 heterocycles. The Balaban J connectivity index is 1.77. The van der Waals surface area contributed by atoms with E-state index in [4.69, 9.17) is 0 Å². The molecule has 1 aromatic carbocycles. The van der Waals surface area contributed by atoms with Crippen molar-refractivity contribution in [3.8, 4) is 0 Å². The Kier molecular flexibility index (Phi) is 2.69. The van der Waals surface area contributed by atoms with Gasteiger partial charge in [0.1, 0.15) is 5.54 Å². The Labute approximate surface area is 111 Å². The molecule has 0 atom stereocenters. The first-order chi connectivity index (χ1) is 9.12. The summed E-state index contributed by atoms with van der Waals surface area (Å²) in [7, 11) is 0. The number of carboxylic acids is 1. The molecule has 100 valence electrons. The van der Waals surface area contributed by atoms with Gasteiger partial charge in [0.2, 0.25) is 0 Å². The van der Waals surface area contributed by atoms with Crippen molar-refractivity contribution in [2.24, 2.45) is 0 Å². The third-order valence-corrected chi connectivity index (χ3v) is 4.10. The van der Waals surface area contributed by atoms with Gasteiger partial charge >= 0.3 is 12.0 Å². The third-order valence-electron chi connectivity index (χ3n) is 4.10. The molecule has 19 heavy (non-hydrogen) atoms. The number of hydrogen-bond donors (Lipinski definition) is 2. The van der Waals surface area contributed by atoms with Crippen LogP contribution in [0.4, 0.5) is 10.5 Å². The number of urea groups is 1. The first-order valence-electron chi connectivity index (χ1n) is 6.53. The summed E-state index contributed by atoms with van der Waals surface area (Å²) in [5, 5.41) is 11.9. The van der Waals surface area contributed by atoms with E-state index < -0.39 is 11.5 Å². The number of benzene rings is 1. The summed E-state index contributed by atoms with van der Waals surface area (Å²) >= 11 is 0. The first-order valence-corrected chi connectivity index (χ1v) is 6.53. The van der Waals surface area contributed by atoms with E-state index in [9.17, 15) is 14.7 Å². The summed E-state index contributed by atoms with van der Waals surface area (Å²) < 4.78 is 0. The Morgan fingerprint density at radius 1 is 1.26 bits per heavy atom. The van der Waals surface area contributed by atoms with Crippen LogP contribution >= 0.6 is 0 Å². The molecule has 2 amide bonds. The van der Waals surface area contributed by atoms with Crippen LogP contribution in [-0.4, -0.2) is 29.2 Å². The van der Waals surface area contributed by atoms with Crippen molar-refractivity contribution < 1.29 is 14.7 Å². The zero-order valence-electron chi connectivity index (χ0n) is 10.6. The van der Waals surface area contributed by atoms with Crippen LogP contribution in [0.2, 0.25) is 0 Å². The van der Waals surface area contributed by atoms with Crippen LogP contribution in [0, 0.1) is 0 Å². The zero-order chi connectivity index (χ0) is 13.5. The van der Waals surface area contributed by atoms with Gasteiger partial charge in [-0.2, -0.15) is 0 Å².